The lowest BCUT2D eigenvalue weighted by Gasteiger charge is -2.22. The Labute approximate surface area is 182 Å². The van der Waals surface area contributed by atoms with E-state index in [2.05, 4.69) is 4.98 Å². The van der Waals surface area contributed by atoms with E-state index in [1.54, 1.807) is 11.3 Å². The molecular formula is C22H22FN3O4S. The highest BCUT2D eigenvalue weighted by atomic mass is 32.1. The van der Waals surface area contributed by atoms with Crippen molar-refractivity contribution in [3.8, 4) is 0 Å². The number of primary amides is 1. The predicted octanol–water partition coefficient (Wildman–Crippen LogP) is 3.21. The quantitative estimate of drug-likeness (QED) is 0.485. The Morgan fingerprint density at radius 2 is 1.81 bits per heavy atom. The van der Waals surface area contributed by atoms with E-state index in [0.29, 0.717) is 18.5 Å². The number of aromatic nitrogens is 1. The van der Waals surface area contributed by atoms with Gasteiger partial charge in [-0.15, -0.1) is 11.3 Å². The summed E-state index contributed by atoms with van der Waals surface area (Å²) in [5.74, 6) is -2.05. The fourth-order valence-corrected chi connectivity index (χ4v) is 3.95. The summed E-state index contributed by atoms with van der Waals surface area (Å²) in [6, 6.07) is 13.1. The molecule has 0 saturated carbocycles. The Balaban J connectivity index is 1.48. The van der Waals surface area contributed by atoms with Crippen molar-refractivity contribution < 1.29 is 23.5 Å². The first-order valence-electron chi connectivity index (χ1n) is 9.76. The number of carbonyl (C=O) groups is 3. The number of thiazole rings is 1. The van der Waals surface area contributed by atoms with E-state index < -0.39 is 30.2 Å². The van der Waals surface area contributed by atoms with Gasteiger partial charge >= 0.3 is 5.97 Å². The van der Waals surface area contributed by atoms with Gasteiger partial charge in [-0.2, -0.15) is 0 Å². The van der Waals surface area contributed by atoms with Crippen LogP contribution >= 0.6 is 11.3 Å². The summed E-state index contributed by atoms with van der Waals surface area (Å²) < 4.78 is 19.4. The van der Waals surface area contributed by atoms with Crippen LogP contribution < -0.4 is 10.6 Å². The number of amides is 2. The third-order valence-corrected chi connectivity index (χ3v) is 5.58. The first-order valence-corrected chi connectivity index (χ1v) is 10.6. The normalized spacial score (nSPS) is 10.7. The van der Waals surface area contributed by atoms with Gasteiger partial charge < -0.3 is 15.4 Å². The van der Waals surface area contributed by atoms with Crippen molar-refractivity contribution in [1.29, 1.82) is 0 Å². The first kappa shape index (κ1) is 22.4. The van der Waals surface area contributed by atoms with Crippen LogP contribution in [0.25, 0.3) is 10.2 Å². The summed E-state index contributed by atoms with van der Waals surface area (Å²) in [6.45, 7) is -0.467. The number of fused-ring (bicyclic) bond motifs is 1. The van der Waals surface area contributed by atoms with Crippen LogP contribution in [0.15, 0.2) is 48.5 Å². The second-order valence-electron chi connectivity index (χ2n) is 6.83. The summed E-state index contributed by atoms with van der Waals surface area (Å²) >= 11 is 1.59. The molecule has 31 heavy (non-hydrogen) atoms. The molecule has 0 saturated heterocycles. The van der Waals surface area contributed by atoms with Crippen LogP contribution in [0.2, 0.25) is 0 Å². The lowest BCUT2D eigenvalue weighted by atomic mass is 10.2. The molecule has 0 radical (unpaired) electrons. The van der Waals surface area contributed by atoms with Gasteiger partial charge in [-0.05, 0) is 49.2 Å². The Morgan fingerprint density at radius 1 is 1.06 bits per heavy atom. The van der Waals surface area contributed by atoms with E-state index in [-0.39, 0.29) is 19.4 Å². The smallest absolute Gasteiger partial charge is 0.306 e. The van der Waals surface area contributed by atoms with Crippen molar-refractivity contribution in [2.45, 2.75) is 25.7 Å². The average molecular weight is 444 g/mol. The standard InChI is InChI=1S/C22H22FN3O4S/c23-15-8-10-16(11-9-15)26(13-12-19(24)27)21(28)14-30-22(29)7-3-6-20-25-17-4-1-2-5-18(17)31-20/h1-2,4-5,8-11H,3,6-7,12-14H2,(H2,24,27). The minimum Gasteiger partial charge on any atom is -0.456 e. The number of carbonyl (C=O) groups excluding carboxylic acids is 3. The molecule has 0 fully saturated rings. The molecule has 0 bridgehead atoms. The summed E-state index contributed by atoms with van der Waals surface area (Å²) in [7, 11) is 0. The maximum atomic E-state index is 13.2. The number of hydrogen-bond donors (Lipinski definition) is 1. The van der Waals surface area contributed by atoms with Crippen molar-refractivity contribution in [2.24, 2.45) is 5.73 Å². The molecule has 2 amide bonds. The molecule has 3 rings (SSSR count). The Bertz CT molecular complexity index is 1040. The van der Waals surface area contributed by atoms with Crippen LogP contribution in [-0.4, -0.2) is 35.9 Å². The van der Waals surface area contributed by atoms with Gasteiger partial charge in [0.2, 0.25) is 5.91 Å². The molecule has 2 N–H and O–H groups in total. The molecule has 0 unspecified atom stereocenters. The molecule has 7 nitrogen and oxygen atoms in total. The van der Waals surface area contributed by atoms with Gasteiger partial charge in [0.05, 0.1) is 15.2 Å². The van der Waals surface area contributed by atoms with Crippen LogP contribution in [0.3, 0.4) is 0 Å². The molecule has 1 aromatic heterocycles. The maximum absolute atomic E-state index is 13.2. The number of aryl methyl sites for hydroxylation is 1. The molecule has 0 aliphatic rings. The number of benzene rings is 2. The monoisotopic (exact) mass is 443 g/mol. The number of esters is 1. The zero-order chi connectivity index (χ0) is 22.2. The van der Waals surface area contributed by atoms with Crippen LogP contribution in [0.5, 0.6) is 0 Å². The molecule has 0 atom stereocenters. The topological polar surface area (TPSA) is 103 Å². The number of anilines is 1. The zero-order valence-corrected chi connectivity index (χ0v) is 17.6. The second-order valence-corrected chi connectivity index (χ2v) is 7.94. The minimum atomic E-state index is -0.577. The number of rotatable bonds is 10. The molecule has 0 aliphatic heterocycles. The van der Waals surface area contributed by atoms with Crippen LogP contribution in [0.1, 0.15) is 24.3 Å². The van der Waals surface area contributed by atoms with Crippen molar-refractivity contribution in [1.82, 2.24) is 4.98 Å². The van der Waals surface area contributed by atoms with E-state index in [1.165, 1.54) is 29.2 Å². The molecule has 162 valence electrons. The number of nitrogens with two attached hydrogens (primary N) is 1. The van der Waals surface area contributed by atoms with Gasteiger partial charge in [0.25, 0.3) is 5.91 Å². The average Bonchev–Trinajstić information content (AvgIpc) is 3.16. The van der Waals surface area contributed by atoms with Crippen molar-refractivity contribution in [2.75, 3.05) is 18.1 Å². The lowest BCUT2D eigenvalue weighted by Crippen LogP contribution is -2.37. The third-order valence-electron chi connectivity index (χ3n) is 4.49. The Hall–Kier alpha value is -3.33. The number of para-hydroxylation sites is 1. The predicted molar refractivity (Wildman–Crippen MR) is 116 cm³/mol. The molecule has 0 aliphatic carbocycles. The SMILES string of the molecule is NC(=O)CCN(C(=O)COC(=O)CCCc1nc2ccccc2s1)c1ccc(F)cc1. The molecule has 2 aromatic carbocycles. The molecule has 9 heteroatoms. The van der Waals surface area contributed by atoms with Gasteiger partial charge in [0.15, 0.2) is 6.61 Å². The van der Waals surface area contributed by atoms with E-state index in [9.17, 15) is 18.8 Å². The Kier molecular flexibility index (Phi) is 7.66. The molecule has 1 heterocycles. The van der Waals surface area contributed by atoms with Gasteiger partial charge in [0.1, 0.15) is 5.82 Å². The summed E-state index contributed by atoms with van der Waals surface area (Å²) in [5.41, 5.74) is 6.49. The van der Waals surface area contributed by atoms with Crippen molar-refractivity contribution in [3.05, 3.63) is 59.4 Å². The van der Waals surface area contributed by atoms with Crippen LogP contribution in [0.4, 0.5) is 10.1 Å². The van der Waals surface area contributed by atoms with E-state index in [1.807, 2.05) is 24.3 Å². The van der Waals surface area contributed by atoms with Gasteiger partial charge in [-0.1, -0.05) is 12.1 Å². The van der Waals surface area contributed by atoms with Crippen molar-refractivity contribution >= 4 is 45.0 Å². The fourth-order valence-electron chi connectivity index (χ4n) is 2.94. The summed E-state index contributed by atoms with van der Waals surface area (Å²) in [4.78, 5) is 41.5. The third kappa shape index (κ3) is 6.58. The summed E-state index contributed by atoms with van der Waals surface area (Å²) in [5, 5.41) is 0.944. The van der Waals surface area contributed by atoms with E-state index in [4.69, 9.17) is 10.5 Å². The number of ether oxygens (including phenoxy) is 1. The van der Waals surface area contributed by atoms with E-state index in [0.717, 1.165) is 15.2 Å². The highest BCUT2D eigenvalue weighted by Gasteiger charge is 2.18. The van der Waals surface area contributed by atoms with Crippen LogP contribution in [-0.2, 0) is 25.5 Å². The number of hydrogen-bond acceptors (Lipinski definition) is 6. The summed E-state index contributed by atoms with van der Waals surface area (Å²) in [6.07, 6.45) is 1.28. The van der Waals surface area contributed by atoms with Gasteiger partial charge in [-0.25, -0.2) is 9.37 Å². The van der Waals surface area contributed by atoms with Gasteiger partial charge in [-0.3, -0.25) is 14.4 Å². The van der Waals surface area contributed by atoms with Crippen LogP contribution in [0, 0.1) is 5.82 Å². The van der Waals surface area contributed by atoms with Crippen molar-refractivity contribution in [3.63, 3.8) is 0 Å². The lowest BCUT2D eigenvalue weighted by molar-refractivity contribution is -0.148. The largest absolute Gasteiger partial charge is 0.456 e. The van der Waals surface area contributed by atoms with E-state index >= 15 is 0 Å². The molecule has 3 aromatic rings. The van der Waals surface area contributed by atoms with Gasteiger partial charge in [0, 0.05) is 25.1 Å². The number of nitrogens with zero attached hydrogens (tertiary/aromatic N) is 2. The highest BCUT2D eigenvalue weighted by Crippen LogP contribution is 2.22. The molecular weight excluding hydrogens is 421 g/mol. The highest BCUT2D eigenvalue weighted by molar-refractivity contribution is 7.18. The second kappa shape index (κ2) is 10.6. The fraction of sp³-hybridized carbons (Fsp3) is 0.273. The minimum absolute atomic E-state index is 0.00889. The maximum Gasteiger partial charge on any atom is 0.306 e. The zero-order valence-electron chi connectivity index (χ0n) is 16.8. The Morgan fingerprint density at radius 3 is 2.52 bits per heavy atom. The first-order chi connectivity index (χ1) is 14.9. The number of halogens is 1. The molecule has 0 spiro atoms.